The van der Waals surface area contributed by atoms with E-state index in [9.17, 15) is 9.59 Å². The van der Waals surface area contributed by atoms with Crippen molar-refractivity contribution in [3.8, 4) is 0 Å². The summed E-state index contributed by atoms with van der Waals surface area (Å²) >= 11 is 0. The lowest BCUT2D eigenvalue weighted by Crippen LogP contribution is -2.37. The second kappa shape index (κ2) is 5.97. The normalized spacial score (nSPS) is 12.0. The Morgan fingerprint density at radius 1 is 1.11 bits per heavy atom. The van der Waals surface area contributed by atoms with Gasteiger partial charge in [0.25, 0.3) is 5.91 Å². The molecule has 1 aromatic carbocycles. The molecule has 0 saturated heterocycles. The van der Waals surface area contributed by atoms with Crippen molar-refractivity contribution in [2.45, 2.75) is 6.04 Å². The predicted octanol–water partition coefficient (Wildman–Crippen LogP) is 0.944. The predicted molar refractivity (Wildman–Crippen MR) is 71.4 cm³/mol. The lowest BCUT2D eigenvalue weighted by Gasteiger charge is -2.17. The topological polar surface area (TPSA) is 77.1 Å². The fourth-order valence-corrected chi connectivity index (χ4v) is 1.83. The molecule has 98 valence electrons. The Hall–Kier alpha value is -2.40. The lowest BCUT2D eigenvalue weighted by molar-refractivity contribution is -0.117. The van der Waals surface area contributed by atoms with E-state index < -0.39 is 11.9 Å². The number of hydrogen-bond donors (Lipinski definition) is 2. The zero-order valence-electron chi connectivity index (χ0n) is 10.3. The van der Waals surface area contributed by atoms with E-state index in [1.807, 2.05) is 30.3 Å². The van der Waals surface area contributed by atoms with Crippen LogP contribution in [0.2, 0.25) is 0 Å². The third-order valence-electron chi connectivity index (χ3n) is 2.72. The van der Waals surface area contributed by atoms with Crippen LogP contribution in [0.15, 0.2) is 54.9 Å². The molecule has 0 bridgehead atoms. The Morgan fingerprint density at radius 3 is 2.32 bits per heavy atom. The van der Waals surface area contributed by atoms with Gasteiger partial charge >= 0.3 is 0 Å². The van der Waals surface area contributed by atoms with Crippen LogP contribution in [-0.4, -0.2) is 22.9 Å². The fraction of sp³-hybridized carbons (Fsp3) is 0.143. The second-order valence-corrected chi connectivity index (χ2v) is 4.12. The molecule has 1 heterocycles. The van der Waals surface area contributed by atoms with Crippen LogP contribution >= 0.6 is 0 Å². The SMILES string of the molecule is NC(=O)CN[C@@H](C(=O)n1cccc1)c1ccccc1. The number of primary amides is 1. The molecule has 19 heavy (non-hydrogen) atoms. The molecular weight excluding hydrogens is 242 g/mol. The van der Waals surface area contributed by atoms with Crippen LogP contribution in [0, 0.1) is 0 Å². The molecule has 0 saturated carbocycles. The first kappa shape index (κ1) is 13.0. The van der Waals surface area contributed by atoms with E-state index in [1.165, 1.54) is 4.57 Å². The monoisotopic (exact) mass is 257 g/mol. The molecule has 5 heteroatoms. The van der Waals surface area contributed by atoms with E-state index in [4.69, 9.17) is 5.73 Å². The highest BCUT2D eigenvalue weighted by Crippen LogP contribution is 2.15. The van der Waals surface area contributed by atoms with E-state index in [0.29, 0.717) is 0 Å². The van der Waals surface area contributed by atoms with Gasteiger partial charge < -0.3 is 5.73 Å². The minimum absolute atomic E-state index is 0.0490. The zero-order chi connectivity index (χ0) is 13.7. The minimum Gasteiger partial charge on any atom is -0.369 e. The van der Waals surface area contributed by atoms with Crippen LogP contribution in [0.4, 0.5) is 0 Å². The average Bonchev–Trinajstić information content (AvgIpc) is 2.93. The molecule has 0 fully saturated rings. The van der Waals surface area contributed by atoms with Gasteiger partial charge in [0.05, 0.1) is 6.54 Å². The van der Waals surface area contributed by atoms with Gasteiger partial charge in [-0.2, -0.15) is 0 Å². The van der Waals surface area contributed by atoms with Crippen LogP contribution in [0.25, 0.3) is 0 Å². The summed E-state index contributed by atoms with van der Waals surface area (Å²) in [5.74, 6) is -0.654. The third kappa shape index (κ3) is 3.29. The van der Waals surface area contributed by atoms with E-state index in [2.05, 4.69) is 5.32 Å². The van der Waals surface area contributed by atoms with Gasteiger partial charge in [-0.3, -0.25) is 19.5 Å². The highest BCUT2D eigenvalue weighted by molar-refractivity contribution is 5.86. The summed E-state index contributed by atoms with van der Waals surface area (Å²) in [7, 11) is 0. The van der Waals surface area contributed by atoms with Crippen LogP contribution in [0.1, 0.15) is 16.4 Å². The molecule has 1 aromatic heterocycles. The van der Waals surface area contributed by atoms with E-state index in [-0.39, 0.29) is 12.5 Å². The van der Waals surface area contributed by atoms with Crippen molar-refractivity contribution >= 4 is 11.8 Å². The van der Waals surface area contributed by atoms with Gasteiger partial charge in [-0.15, -0.1) is 0 Å². The highest BCUT2D eigenvalue weighted by atomic mass is 16.2. The quantitative estimate of drug-likeness (QED) is 0.837. The van der Waals surface area contributed by atoms with Gasteiger partial charge in [0, 0.05) is 12.4 Å². The van der Waals surface area contributed by atoms with Crippen LogP contribution < -0.4 is 11.1 Å². The Balaban J connectivity index is 2.24. The molecule has 1 atom stereocenters. The summed E-state index contributed by atoms with van der Waals surface area (Å²) in [4.78, 5) is 23.3. The van der Waals surface area contributed by atoms with Gasteiger partial charge in [-0.1, -0.05) is 30.3 Å². The summed E-state index contributed by atoms with van der Waals surface area (Å²) < 4.78 is 1.48. The maximum absolute atomic E-state index is 12.4. The summed E-state index contributed by atoms with van der Waals surface area (Å²) in [5, 5.41) is 2.88. The van der Waals surface area contributed by atoms with E-state index in [1.54, 1.807) is 24.5 Å². The number of nitrogens with two attached hydrogens (primary N) is 1. The van der Waals surface area contributed by atoms with Crippen molar-refractivity contribution < 1.29 is 9.59 Å². The Labute approximate surface area is 111 Å². The largest absolute Gasteiger partial charge is 0.369 e. The molecule has 0 aliphatic rings. The lowest BCUT2D eigenvalue weighted by atomic mass is 10.1. The summed E-state index contributed by atoms with van der Waals surface area (Å²) in [6.45, 7) is -0.0490. The maximum atomic E-state index is 12.4. The van der Waals surface area contributed by atoms with Crippen LogP contribution in [0.5, 0.6) is 0 Å². The number of carbonyl (C=O) groups is 2. The van der Waals surface area contributed by atoms with Crippen molar-refractivity contribution in [1.82, 2.24) is 9.88 Å². The number of nitrogens with one attached hydrogen (secondary N) is 1. The van der Waals surface area contributed by atoms with Gasteiger partial charge in [0.2, 0.25) is 5.91 Å². The molecule has 1 amide bonds. The number of rotatable bonds is 5. The molecule has 2 aromatic rings. The molecule has 0 spiro atoms. The number of amides is 1. The average molecular weight is 257 g/mol. The van der Waals surface area contributed by atoms with E-state index in [0.717, 1.165) is 5.56 Å². The second-order valence-electron chi connectivity index (χ2n) is 4.12. The number of carbonyl (C=O) groups excluding carboxylic acids is 2. The van der Waals surface area contributed by atoms with Crippen LogP contribution in [-0.2, 0) is 4.79 Å². The Kier molecular flexibility index (Phi) is 4.10. The van der Waals surface area contributed by atoms with Gasteiger partial charge in [-0.05, 0) is 17.7 Å². The van der Waals surface area contributed by atoms with Crippen molar-refractivity contribution in [1.29, 1.82) is 0 Å². The Bertz CT molecular complexity index is 549. The number of nitrogens with zero attached hydrogens (tertiary/aromatic N) is 1. The van der Waals surface area contributed by atoms with Crippen molar-refractivity contribution in [2.24, 2.45) is 5.73 Å². The number of aromatic nitrogens is 1. The zero-order valence-corrected chi connectivity index (χ0v) is 10.3. The number of benzene rings is 1. The summed E-state index contributed by atoms with van der Waals surface area (Å²) in [5.41, 5.74) is 5.91. The molecule has 0 aliphatic carbocycles. The smallest absolute Gasteiger partial charge is 0.252 e. The third-order valence-corrected chi connectivity index (χ3v) is 2.72. The molecular formula is C14H15N3O2. The minimum atomic E-state index is -0.596. The maximum Gasteiger partial charge on any atom is 0.252 e. The highest BCUT2D eigenvalue weighted by Gasteiger charge is 2.21. The van der Waals surface area contributed by atoms with Crippen molar-refractivity contribution in [3.63, 3.8) is 0 Å². The summed E-state index contributed by atoms with van der Waals surface area (Å²) in [6, 6.07) is 12.2. The summed E-state index contributed by atoms with van der Waals surface area (Å²) in [6.07, 6.45) is 3.34. The fourth-order valence-electron chi connectivity index (χ4n) is 1.83. The molecule has 5 nitrogen and oxygen atoms in total. The van der Waals surface area contributed by atoms with Gasteiger partial charge in [-0.25, -0.2) is 0 Å². The Morgan fingerprint density at radius 2 is 1.74 bits per heavy atom. The van der Waals surface area contributed by atoms with E-state index >= 15 is 0 Å². The first-order valence-corrected chi connectivity index (χ1v) is 5.92. The first-order valence-electron chi connectivity index (χ1n) is 5.92. The van der Waals surface area contributed by atoms with Crippen molar-refractivity contribution in [2.75, 3.05) is 6.54 Å². The molecule has 3 N–H and O–H groups in total. The standard InChI is InChI=1S/C14H15N3O2/c15-12(18)10-16-13(11-6-2-1-3-7-11)14(19)17-8-4-5-9-17/h1-9,13,16H,10H2,(H2,15,18)/t13-/m1/s1. The molecule has 0 radical (unpaired) electrons. The first-order chi connectivity index (χ1) is 9.18. The van der Waals surface area contributed by atoms with Crippen LogP contribution in [0.3, 0.4) is 0 Å². The van der Waals surface area contributed by atoms with Gasteiger partial charge in [0.1, 0.15) is 6.04 Å². The van der Waals surface area contributed by atoms with Crippen molar-refractivity contribution in [3.05, 3.63) is 60.4 Å². The molecule has 0 unspecified atom stereocenters. The number of hydrogen-bond acceptors (Lipinski definition) is 3. The molecule has 0 aliphatic heterocycles. The molecule has 2 rings (SSSR count). The van der Waals surface area contributed by atoms with Gasteiger partial charge in [0.15, 0.2) is 0 Å².